The van der Waals surface area contributed by atoms with Crippen LogP contribution in [0.4, 0.5) is 13.2 Å². The maximum Gasteiger partial charge on any atom is 0.406 e. The van der Waals surface area contributed by atoms with Crippen LogP contribution in [0.3, 0.4) is 0 Å². The Morgan fingerprint density at radius 1 is 1.06 bits per heavy atom. The number of likely N-dealkylation sites (N-methyl/N-ethyl adjacent to an activating group) is 1. The Balaban J connectivity index is 4.77. The summed E-state index contributed by atoms with van der Waals surface area (Å²) in [4.78, 5) is 34.9. The normalized spacial score (nSPS) is 11.0. The first-order chi connectivity index (χ1) is 8.03. The smallest absolute Gasteiger partial charge is 0.347 e. The van der Waals surface area contributed by atoms with Crippen LogP contribution in [0.15, 0.2) is 0 Å². The molecule has 0 bridgehead atoms. The Morgan fingerprint density at radius 2 is 1.56 bits per heavy atom. The summed E-state index contributed by atoms with van der Waals surface area (Å²) in [5, 5.41) is 0. The first kappa shape index (κ1) is 16.4. The second-order valence-corrected chi connectivity index (χ2v) is 4.03. The van der Waals surface area contributed by atoms with E-state index in [1.165, 1.54) is 14.1 Å². The zero-order valence-electron chi connectivity index (χ0n) is 10.4. The molecule has 0 heterocycles. The van der Waals surface area contributed by atoms with Gasteiger partial charge in [0.1, 0.15) is 18.9 Å². The molecule has 2 amide bonds. The molecule has 0 radical (unpaired) electrons. The SMILES string of the molecule is CC(=O)CC(=O)N(CC(=O)N(C)C)CC(F)(F)F. The highest BCUT2D eigenvalue weighted by molar-refractivity contribution is 5.98. The summed E-state index contributed by atoms with van der Waals surface area (Å²) in [5.41, 5.74) is 0. The Hall–Kier alpha value is -1.60. The summed E-state index contributed by atoms with van der Waals surface area (Å²) < 4.78 is 36.8. The van der Waals surface area contributed by atoms with Crippen LogP contribution >= 0.6 is 0 Å². The van der Waals surface area contributed by atoms with Gasteiger partial charge in [0, 0.05) is 14.1 Å². The van der Waals surface area contributed by atoms with Gasteiger partial charge in [0.2, 0.25) is 11.8 Å². The quantitative estimate of drug-likeness (QED) is 0.680. The van der Waals surface area contributed by atoms with Gasteiger partial charge in [-0.3, -0.25) is 14.4 Å². The molecule has 0 atom stereocenters. The van der Waals surface area contributed by atoms with E-state index in [2.05, 4.69) is 0 Å². The predicted molar refractivity (Wildman–Crippen MR) is 56.6 cm³/mol. The molecule has 5 nitrogen and oxygen atoms in total. The van der Waals surface area contributed by atoms with Crippen LogP contribution in [0.25, 0.3) is 0 Å². The number of halogens is 3. The fraction of sp³-hybridized carbons (Fsp3) is 0.700. The molecule has 8 heteroatoms. The number of alkyl halides is 3. The van der Waals surface area contributed by atoms with Crippen molar-refractivity contribution in [3.8, 4) is 0 Å². The molecule has 0 fully saturated rings. The zero-order chi connectivity index (χ0) is 14.5. The van der Waals surface area contributed by atoms with Crippen LogP contribution in [0.1, 0.15) is 13.3 Å². The molecule has 0 saturated heterocycles. The number of nitrogens with zero attached hydrogens (tertiary/aromatic N) is 2. The van der Waals surface area contributed by atoms with E-state index >= 15 is 0 Å². The number of carbonyl (C=O) groups excluding carboxylic acids is 3. The molecule has 0 aliphatic carbocycles. The molecule has 0 saturated carbocycles. The first-order valence-electron chi connectivity index (χ1n) is 5.07. The summed E-state index contributed by atoms with van der Waals surface area (Å²) in [6, 6.07) is 0. The van der Waals surface area contributed by atoms with Gasteiger partial charge in [0.15, 0.2) is 0 Å². The van der Waals surface area contributed by atoms with Gasteiger partial charge in [-0.2, -0.15) is 13.2 Å². The summed E-state index contributed by atoms with van der Waals surface area (Å²) in [5.74, 6) is -2.20. The van der Waals surface area contributed by atoms with Crippen molar-refractivity contribution in [3.63, 3.8) is 0 Å². The Labute approximate surface area is 103 Å². The Kier molecular flexibility index (Phi) is 5.80. The summed E-state index contributed by atoms with van der Waals surface area (Å²) in [7, 11) is 2.73. The van der Waals surface area contributed by atoms with Crippen molar-refractivity contribution in [2.24, 2.45) is 0 Å². The van der Waals surface area contributed by atoms with Crippen molar-refractivity contribution >= 4 is 17.6 Å². The number of amides is 2. The van der Waals surface area contributed by atoms with E-state index < -0.39 is 43.3 Å². The van der Waals surface area contributed by atoms with Crippen LogP contribution in [0, 0.1) is 0 Å². The first-order valence-corrected chi connectivity index (χ1v) is 5.07. The van der Waals surface area contributed by atoms with Gasteiger partial charge in [0.05, 0.1) is 6.42 Å². The third kappa shape index (κ3) is 6.87. The highest BCUT2D eigenvalue weighted by atomic mass is 19.4. The number of ketones is 1. The van der Waals surface area contributed by atoms with Gasteiger partial charge in [-0.1, -0.05) is 0 Å². The lowest BCUT2D eigenvalue weighted by Gasteiger charge is -2.24. The van der Waals surface area contributed by atoms with E-state index in [0.717, 1.165) is 11.8 Å². The van der Waals surface area contributed by atoms with Crippen molar-refractivity contribution in [2.45, 2.75) is 19.5 Å². The number of rotatable bonds is 5. The molecular weight excluding hydrogens is 253 g/mol. The van der Waals surface area contributed by atoms with Gasteiger partial charge < -0.3 is 9.80 Å². The van der Waals surface area contributed by atoms with Gasteiger partial charge in [-0.15, -0.1) is 0 Å². The number of hydrogen-bond acceptors (Lipinski definition) is 3. The van der Waals surface area contributed by atoms with Crippen LogP contribution < -0.4 is 0 Å². The van der Waals surface area contributed by atoms with Crippen LogP contribution in [-0.4, -0.2) is 60.8 Å². The standard InChI is InChI=1S/C10H15F3N2O3/c1-7(16)4-8(17)15(6-10(11,12)13)5-9(18)14(2)3/h4-6H2,1-3H3. The Bertz CT molecular complexity index is 340. The summed E-state index contributed by atoms with van der Waals surface area (Å²) in [6.07, 6.45) is -5.25. The van der Waals surface area contributed by atoms with Gasteiger partial charge in [-0.25, -0.2) is 0 Å². The van der Waals surface area contributed by atoms with E-state index in [1.54, 1.807) is 0 Å². The topological polar surface area (TPSA) is 57.7 Å². The van der Waals surface area contributed by atoms with Crippen molar-refractivity contribution in [3.05, 3.63) is 0 Å². The van der Waals surface area contributed by atoms with E-state index in [0.29, 0.717) is 4.90 Å². The minimum absolute atomic E-state index is 0.337. The number of hydrogen-bond donors (Lipinski definition) is 0. The van der Waals surface area contributed by atoms with E-state index in [1.807, 2.05) is 0 Å². The highest BCUT2D eigenvalue weighted by Crippen LogP contribution is 2.17. The van der Waals surface area contributed by atoms with Gasteiger partial charge >= 0.3 is 6.18 Å². The lowest BCUT2D eigenvalue weighted by atomic mass is 10.2. The van der Waals surface area contributed by atoms with Crippen LogP contribution in [-0.2, 0) is 14.4 Å². The molecule has 0 aromatic rings. The van der Waals surface area contributed by atoms with Crippen LogP contribution in [0.5, 0.6) is 0 Å². The molecule has 0 unspecified atom stereocenters. The minimum Gasteiger partial charge on any atom is -0.347 e. The van der Waals surface area contributed by atoms with Gasteiger partial charge in [0.25, 0.3) is 0 Å². The maximum atomic E-state index is 12.3. The third-order valence-corrected chi connectivity index (χ3v) is 1.95. The largest absolute Gasteiger partial charge is 0.406 e. The van der Waals surface area contributed by atoms with Crippen LogP contribution in [0.2, 0.25) is 0 Å². The maximum absolute atomic E-state index is 12.3. The number of Topliss-reactive ketones (excluding diaryl/α,β-unsaturated/α-hetero) is 1. The molecule has 0 rings (SSSR count). The minimum atomic E-state index is -4.61. The second kappa shape index (κ2) is 6.36. The lowest BCUT2D eigenvalue weighted by Crippen LogP contribution is -2.45. The molecule has 0 aromatic heterocycles. The fourth-order valence-electron chi connectivity index (χ4n) is 1.08. The predicted octanol–water partition coefficient (Wildman–Crippen LogP) is 0.445. The van der Waals surface area contributed by atoms with Crippen molar-refractivity contribution in [2.75, 3.05) is 27.2 Å². The average molecular weight is 268 g/mol. The highest BCUT2D eigenvalue weighted by Gasteiger charge is 2.34. The molecule has 0 aliphatic rings. The van der Waals surface area contributed by atoms with E-state index in [4.69, 9.17) is 0 Å². The third-order valence-electron chi connectivity index (χ3n) is 1.95. The fourth-order valence-corrected chi connectivity index (χ4v) is 1.08. The Morgan fingerprint density at radius 3 is 1.89 bits per heavy atom. The molecule has 0 N–H and O–H groups in total. The molecule has 0 aliphatic heterocycles. The molecule has 104 valence electrons. The summed E-state index contributed by atoms with van der Waals surface area (Å²) >= 11 is 0. The van der Waals surface area contributed by atoms with Crippen molar-refractivity contribution in [1.29, 1.82) is 0 Å². The van der Waals surface area contributed by atoms with Gasteiger partial charge in [-0.05, 0) is 6.92 Å². The summed E-state index contributed by atoms with van der Waals surface area (Å²) in [6.45, 7) is -1.14. The lowest BCUT2D eigenvalue weighted by molar-refractivity contribution is -0.164. The van der Waals surface area contributed by atoms with E-state index in [9.17, 15) is 27.6 Å². The molecular formula is C10H15F3N2O3. The van der Waals surface area contributed by atoms with Crippen molar-refractivity contribution in [1.82, 2.24) is 9.80 Å². The van der Waals surface area contributed by atoms with Crippen molar-refractivity contribution < 1.29 is 27.6 Å². The number of carbonyl (C=O) groups is 3. The molecule has 18 heavy (non-hydrogen) atoms. The monoisotopic (exact) mass is 268 g/mol. The average Bonchev–Trinajstić information content (AvgIpc) is 2.12. The zero-order valence-corrected chi connectivity index (χ0v) is 10.4. The van der Waals surface area contributed by atoms with E-state index in [-0.39, 0.29) is 0 Å². The second-order valence-electron chi connectivity index (χ2n) is 4.03. The molecule has 0 aromatic carbocycles. The molecule has 0 spiro atoms.